The molecule has 0 aliphatic carbocycles. The number of nitrogens with one attached hydrogen (secondary N) is 2. The molecule has 0 fully saturated rings. The summed E-state index contributed by atoms with van der Waals surface area (Å²) in [6.07, 6.45) is 0. The fourth-order valence-electron chi connectivity index (χ4n) is 2.73. The van der Waals surface area contributed by atoms with Gasteiger partial charge in [-0.15, -0.1) is 0 Å². The Morgan fingerprint density at radius 1 is 0.714 bits per heavy atom. The Hall–Kier alpha value is -1.96. The number of hydrogen-bond acceptors (Lipinski definition) is 2. The van der Waals surface area contributed by atoms with Crippen molar-refractivity contribution in [1.82, 2.24) is 0 Å². The first-order chi connectivity index (χ1) is 9.90. The van der Waals surface area contributed by atoms with Gasteiger partial charge in [0.2, 0.25) is 0 Å². The predicted octanol–water partition coefficient (Wildman–Crippen LogP) is 4.71. The molecular formula is C19H26N2. The summed E-state index contributed by atoms with van der Waals surface area (Å²) in [7, 11) is 3.95. The van der Waals surface area contributed by atoms with Crippen LogP contribution in [0.5, 0.6) is 0 Å². The average Bonchev–Trinajstić information content (AvgIpc) is 2.47. The molecule has 2 nitrogen and oxygen atoms in total. The minimum Gasteiger partial charge on any atom is -0.388 e. The second-order valence-electron chi connectivity index (χ2n) is 6.18. The molecule has 0 radical (unpaired) electrons. The molecule has 0 bridgehead atoms. The van der Waals surface area contributed by atoms with Gasteiger partial charge in [-0.25, -0.2) is 0 Å². The van der Waals surface area contributed by atoms with Crippen LogP contribution in [0.2, 0.25) is 0 Å². The van der Waals surface area contributed by atoms with E-state index < -0.39 is 0 Å². The van der Waals surface area contributed by atoms with Crippen molar-refractivity contribution < 1.29 is 0 Å². The quantitative estimate of drug-likeness (QED) is 0.848. The van der Waals surface area contributed by atoms with E-state index in [0.717, 1.165) is 0 Å². The maximum atomic E-state index is 3.28. The molecule has 0 aliphatic rings. The number of aryl methyl sites for hydroxylation is 2. The van der Waals surface area contributed by atoms with E-state index in [0.29, 0.717) is 0 Å². The van der Waals surface area contributed by atoms with Gasteiger partial charge in [-0.2, -0.15) is 0 Å². The summed E-state index contributed by atoms with van der Waals surface area (Å²) in [5.41, 5.74) is 7.56. The van der Waals surface area contributed by atoms with Crippen molar-refractivity contribution in [2.45, 2.75) is 33.1 Å². The molecule has 0 heterocycles. The molecule has 2 aromatic carbocycles. The lowest BCUT2D eigenvalue weighted by Gasteiger charge is -2.28. The zero-order chi connectivity index (χ0) is 15.6. The normalized spacial score (nSPS) is 11.3. The molecule has 21 heavy (non-hydrogen) atoms. The summed E-state index contributed by atoms with van der Waals surface area (Å²) in [5.74, 6) is 0. The van der Waals surface area contributed by atoms with Crippen LogP contribution in [0.4, 0.5) is 11.4 Å². The number of anilines is 2. The van der Waals surface area contributed by atoms with E-state index in [1.807, 2.05) is 14.1 Å². The maximum Gasteiger partial charge on any atom is 0.0370 e. The number of hydrogen-bond donors (Lipinski definition) is 2. The molecule has 0 aromatic heterocycles. The van der Waals surface area contributed by atoms with E-state index in [4.69, 9.17) is 0 Å². The highest BCUT2D eigenvalue weighted by Gasteiger charge is 2.24. The van der Waals surface area contributed by atoms with Gasteiger partial charge in [-0.1, -0.05) is 38.1 Å². The highest BCUT2D eigenvalue weighted by Crippen LogP contribution is 2.35. The highest BCUT2D eigenvalue weighted by molar-refractivity contribution is 5.58. The van der Waals surface area contributed by atoms with Crippen LogP contribution in [0.3, 0.4) is 0 Å². The van der Waals surface area contributed by atoms with Gasteiger partial charge in [0, 0.05) is 30.9 Å². The lowest BCUT2D eigenvalue weighted by molar-refractivity contribution is 0.641. The largest absolute Gasteiger partial charge is 0.388 e. The third-order valence-electron chi connectivity index (χ3n) is 4.46. The van der Waals surface area contributed by atoms with Crippen LogP contribution in [0, 0.1) is 13.8 Å². The average molecular weight is 282 g/mol. The third kappa shape index (κ3) is 2.90. The summed E-state index contributed by atoms with van der Waals surface area (Å²) in [6.45, 7) is 8.82. The molecule has 0 saturated heterocycles. The van der Waals surface area contributed by atoms with Gasteiger partial charge in [0.25, 0.3) is 0 Å². The Morgan fingerprint density at radius 3 is 1.43 bits per heavy atom. The van der Waals surface area contributed by atoms with Gasteiger partial charge >= 0.3 is 0 Å². The standard InChI is InChI=1S/C19H26N2/c1-13-7-9-15(11-17(13)20-5)19(3,4)16-10-8-14(2)18(12-16)21-6/h7-12,20-21H,1-6H3. The highest BCUT2D eigenvalue weighted by atomic mass is 14.8. The van der Waals surface area contributed by atoms with Crippen molar-refractivity contribution in [2.75, 3.05) is 24.7 Å². The van der Waals surface area contributed by atoms with Crippen LogP contribution in [0.15, 0.2) is 36.4 Å². The molecule has 0 saturated carbocycles. The van der Waals surface area contributed by atoms with Crippen molar-refractivity contribution in [2.24, 2.45) is 0 Å². The van der Waals surface area contributed by atoms with E-state index in [1.54, 1.807) is 0 Å². The molecule has 2 rings (SSSR count). The lowest BCUT2D eigenvalue weighted by Crippen LogP contribution is -2.19. The third-order valence-corrected chi connectivity index (χ3v) is 4.46. The van der Waals surface area contributed by atoms with E-state index in [-0.39, 0.29) is 5.41 Å². The fraction of sp³-hybridized carbons (Fsp3) is 0.368. The molecule has 0 aliphatic heterocycles. The van der Waals surface area contributed by atoms with Gasteiger partial charge in [0.1, 0.15) is 0 Å². The minimum absolute atomic E-state index is 0.0292. The monoisotopic (exact) mass is 282 g/mol. The minimum atomic E-state index is -0.0292. The number of rotatable bonds is 4. The zero-order valence-corrected chi connectivity index (χ0v) is 14.0. The van der Waals surface area contributed by atoms with Gasteiger partial charge in [0.05, 0.1) is 0 Å². The van der Waals surface area contributed by atoms with Crippen molar-refractivity contribution in [3.05, 3.63) is 58.7 Å². The Labute approximate surface area is 128 Å². The van der Waals surface area contributed by atoms with Gasteiger partial charge < -0.3 is 10.6 Å². The molecule has 112 valence electrons. The summed E-state index contributed by atoms with van der Waals surface area (Å²) in [5, 5.41) is 6.56. The van der Waals surface area contributed by atoms with Crippen LogP contribution < -0.4 is 10.6 Å². The Balaban J connectivity index is 2.50. The van der Waals surface area contributed by atoms with Crippen LogP contribution in [-0.4, -0.2) is 14.1 Å². The SMILES string of the molecule is CNc1cc(C(C)(C)c2ccc(C)c(NC)c2)ccc1C. The summed E-state index contributed by atoms with van der Waals surface area (Å²) < 4.78 is 0. The summed E-state index contributed by atoms with van der Waals surface area (Å²) >= 11 is 0. The van der Waals surface area contributed by atoms with Crippen LogP contribution in [0.1, 0.15) is 36.1 Å². The van der Waals surface area contributed by atoms with Crippen LogP contribution >= 0.6 is 0 Å². The van der Waals surface area contributed by atoms with E-state index in [2.05, 4.69) is 74.7 Å². The summed E-state index contributed by atoms with van der Waals surface area (Å²) in [4.78, 5) is 0. The van der Waals surface area contributed by atoms with E-state index >= 15 is 0 Å². The second-order valence-corrected chi connectivity index (χ2v) is 6.18. The van der Waals surface area contributed by atoms with Crippen molar-refractivity contribution >= 4 is 11.4 Å². The first-order valence-electron chi connectivity index (χ1n) is 7.48. The zero-order valence-electron chi connectivity index (χ0n) is 14.0. The lowest BCUT2D eigenvalue weighted by atomic mass is 9.77. The fourth-order valence-corrected chi connectivity index (χ4v) is 2.73. The van der Waals surface area contributed by atoms with Crippen LogP contribution in [0.25, 0.3) is 0 Å². The molecule has 0 atom stereocenters. The second kappa shape index (κ2) is 5.80. The van der Waals surface area contributed by atoms with Gasteiger partial charge in [-0.3, -0.25) is 0 Å². The van der Waals surface area contributed by atoms with E-state index in [1.165, 1.54) is 33.6 Å². The molecule has 2 heteroatoms. The topological polar surface area (TPSA) is 24.1 Å². The Morgan fingerprint density at radius 2 is 1.10 bits per heavy atom. The van der Waals surface area contributed by atoms with Crippen LogP contribution in [-0.2, 0) is 5.41 Å². The Bertz CT molecular complexity index is 587. The summed E-state index contributed by atoms with van der Waals surface area (Å²) in [6, 6.07) is 13.4. The predicted molar refractivity (Wildman–Crippen MR) is 93.6 cm³/mol. The molecular weight excluding hydrogens is 256 g/mol. The molecule has 0 amide bonds. The van der Waals surface area contributed by atoms with E-state index in [9.17, 15) is 0 Å². The van der Waals surface area contributed by atoms with Gasteiger partial charge in [-0.05, 0) is 48.2 Å². The Kier molecular flexibility index (Phi) is 4.26. The molecule has 0 spiro atoms. The molecule has 2 aromatic rings. The molecule has 2 N–H and O–H groups in total. The molecule has 0 unspecified atom stereocenters. The smallest absolute Gasteiger partial charge is 0.0370 e. The van der Waals surface area contributed by atoms with Crippen molar-refractivity contribution in [3.63, 3.8) is 0 Å². The first-order valence-corrected chi connectivity index (χ1v) is 7.48. The first kappa shape index (κ1) is 15.4. The maximum absolute atomic E-state index is 3.28. The van der Waals surface area contributed by atoms with Gasteiger partial charge in [0.15, 0.2) is 0 Å². The van der Waals surface area contributed by atoms with Crippen molar-refractivity contribution in [1.29, 1.82) is 0 Å². The van der Waals surface area contributed by atoms with Crippen molar-refractivity contribution in [3.8, 4) is 0 Å². The number of benzene rings is 2.